The van der Waals surface area contributed by atoms with E-state index >= 15 is 0 Å². The Labute approximate surface area is 318 Å². The van der Waals surface area contributed by atoms with Crippen molar-refractivity contribution in [3.63, 3.8) is 0 Å². The van der Waals surface area contributed by atoms with Crippen molar-refractivity contribution in [3.05, 3.63) is 68.7 Å². The fraction of sp³-hybridized carbons (Fsp3) is 0.526. The van der Waals surface area contributed by atoms with Crippen molar-refractivity contribution in [1.29, 1.82) is 0 Å². The number of alkyl halides is 3. The fourth-order valence-electron chi connectivity index (χ4n) is 9.20. The number of carbonyl (C=O) groups is 2. The van der Waals surface area contributed by atoms with Crippen LogP contribution in [0.2, 0.25) is 0 Å². The number of nitrogens with zero attached hydrogens (tertiary/aromatic N) is 6. The van der Waals surface area contributed by atoms with Crippen LogP contribution in [-0.4, -0.2) is 117 Å². The Balaban J connectivity index is 0.970. The van der Waals surface area contributed by atoms with Crippen LogP contribution in [0.25, 0.3) is 21.9 Å². The number of imidazole rings is 1. The number of pyridine rings is 1. The molecule has 2 aromatic carbocycles. The van der Waals surface area contributed by atoms with E-state index in [1.165, 1.54) is 23.8 Å². The van der Waals surface area contributed by atoms with Gasteiger partial charge in [-0.1, -0.05) is 18.2 Å². The Bertz CT molecular complexity index is 2110. The topological polar surface area (TPSA) is 133 Å². The van der Waals surface area contributed by atoms with E-state index in [2.05, 4.69) is 42.7 Å². The average Bonchev–Trinajstić information content (AvgIpc) is 3.58. The van der Waals surface area contributed by atoms with E-state index in [9.17, 15) is 27.6 Å². The van der Waals surface area contributed by atoms with Gasteiger partial charge in [0.25, 0.3) is 5.91 Å². The predicted molar refractivity (Wildman–Crippen MR) is 201 cm³/mol. The van der Waals surface area contributed by atoms with Crippen molar-refractivity contribution in [2.45, 2.75) is 81.4 Å². The molecule has 8 rings (SSSR count). The number of carbonyl (C=O) groups excluding carboxylic acids is 2. The van der Waals surface area contributed by atoms with Gasteiger partial charge in [0.15, 0.2) is 6.10 Å². The van der Waals surface area contributed by atoms with Gasteiger partial charge in [0.1, 0.15) is 0 Å². The molecular formula is C38H44BrF3N8O4. The number of hydrogen-bond donors (Lipinski definition) is 2. The van der Waals surface area contributed by atoms with E-state index < -0.39 is 35.5 Å². The number of rotatable bonds is 6. The Morgan fingerprint density at radius 2 is 1.65 bits per heavy atom. The van der Waals surface area contributed by atoms with Crippen LogP contribution in [0.3, 0.4) is 0 Å². The number of likely N-dealkylation sites (tertiary alicyclic amines) is 1. The number of amides is 2. The molecule has 288 valence electrons. The molecule has 12 nitrogen and oxygen atoms in total. The number of ether oxygens (including phenoxy) is 1. The highest BCUT2D eigenvalue weighted by Gasteiger charge is 2.42. The molecule has 0 aliphatic carbocycles. The lowest BCUT2D eigenvalue weighted by Crippen LogP contribution is -2.57. The van der Waals surface area contributed by atoms with Crippen LogP contribution in [0.15, 0.2) is 51.9 Å². The molecule has 4 fully saturated rings. The lowest BCUT2D eigenvalue weighted by molar-refractivity contribution is -0.143. The number of aromatic amines is 1. The van der Waals surface area contributed by atoms with Gasteiger partial charge in [0.05, 0.1) is 34.0 Å². The number of para-hydroxylation sites is 1. The van der Waals surface area contributed by atoms with Crippen molar-refractivity contribution in [2.24, 2.45) is 0 Å². The van der Waals surface area contributed by atoms with Crippen LogP contribution >= 0.6 is 15.9 Å². The summed E-state index contributed by atoms with van der Waals surface area (Å²) < 4.78 is 49.4. The van der Waals surface area contributed by atoms with Gasteiger partial charge in [-0.15, -0.1) is 0 Å². The number of nitrogen functional groups attached to an aromatic ring is 1. The summed E-state index contributed by atoms with van der Waals surface area (Å²) in [6.07, 6.45) is 0.178. The molecule has 4 saturated heterocycles. The second kappa shape index (κ2) is 14.5. The molecule has 0 saturated carbocycles. The maximum atomic E-state index is 14.2. The van der Waals surface area contributed by atoms with E-state index in [0.717, 1.165) is 29.8 Å². The quantitative estimate of drug-likeness (QED) is 0.248. The van der Waals surface area contributed by atoms with Crippen molar-refractivity contribution in [1.82, 2.24) is 34.1 Å². The van der Waals surface area contributed by atoms with Crippen molar-refractivity contribution in [3.8, 4) is 0 Å². The third-order valence-electron chi connectivity index (χ3n) is 12.2. The van der Waals surface area contributed by atoms with Crippen LogP contribution < -0.4 is 11.4 Å². The molecule has 2 aromatic heterocycles. The minimum Gasteiger partial charge on any atom is -0.436 e. The van der Waals surface area contributed by atoms with Crippen molar-refractivity contribution in [2.75, 3.05) is 52.0 Å². The maximum Gasteiger partial charge on any atom is 0.418 e. The van der Waals surface area contributed by atoms with E-state index in [1.54, 1.807) is 15.7 Å². The molecule has 16 heteroatoms. The molecule has 0 radical (unpaired) electrons. The molecule has 0 spiro atoms. The number of H-pyrrole nitrogens is 1. The largest absolute Gasteiger partial charge is 0.436 e. The molecule has 2 amide bonds. The van der Waals surface area contributed by atoms with Gasteiger partial charge in [-0.05, 0) is 85.3 Å². The number of hydrogen-bond acceptors (Lipinski definition) is 8. The molecule has 3 N–H and O–H groups in total. The van der Waals surface area contributed by atoms with Crippen LogP contribution in [0.4, 0.5) is 23.7 Å². The van der Waals surface area contributed by atoms with Crippen LogP contribution in [0.5, 0.6) is 0 Å². The SMILES string of the molecule is CN1C2CCC1CC(N1CCN(C(=O)C(Cc3cc(Br)c(N)c(C(F)(F)F)c3)OC(=O)N3CCC(n4c(=O)[nH]c5c6ccccc6ncc54)CC3)CC1)C2. The Morgan fingerprint density at radius 1 is 0.963 bits per heavy atom. The first kappa shape index (κ1) is 36.8. The van der Waals surface area contributed by atoms with E-state index in [1.807, 2.05) is 24.3 Å². The Kier molecular flexibility index (Phi) is 9.88. The van der Waals surface area contributed by atoms with E-state index in [4.69, 9.17) is 10.5 Å². The van der Waals surface area contributed by atoms with Gasteiger partial charge in [-0.25, -0.2) is 9.59 Å². The molecule has 4 aromatic rings. The standard InChI is InChI=1S/C38H44BrF3N8O4/c1-46-24-6-7-25(46)20-26(19-24)47-12-14-48(15-13-47)35(51)32(18-22-16-28(38(40,41)42)33(43)29(39)17-22)54-37(53)49-10-8-23(9-11-49)50-31-21-44-30-5-3-2-4-27(30)34(31)45-36(50)52/h2-5,16-17,21,23-26,32H,6-15,18-20,43H2,1H3,(H,45,52). The summed E-state index contributed by atoms with van der Waals surface area (Å²) in [4.78, 5) is 56.7. The first-order chi connectivity index (χ1) is 25.9. The Morgan fingerprint density at radius 3 is 2.33 bits per heavy atom. The molecule has 4 aliphatic heterocycles. The fourth-order valence-corrected chi connectivity index (χ4v) is 9.71. The summed E-state index contributed by atoms with van der Waals surface area (Å²) in [6, 6.07) is 11.3. The first-order valence-electron chi connectivity index (χ1n) is 18.7. The summed E-state index contributed by atoms with van der Waals surface area (Å²) in [5, 5.41) is 0.841. The summed E-state index contributed by atoms with van der Waals surface area (Å²) in [5.41, 5.74) is 6.35. The zero-order chi connectivity index (χ0) is 37.9. The monoisotopic (exact) mass is 812 g/mol. The minimum atomic E-state index is -4.72. The Hall–Kier alpha value is -4.15. The minimum absolute atomic E-state index is 0.0448. The van der Waals surface area contributed by atoms with Gasteiger partial charge in [-0.2, -0.15) is 13.2 Å². The van der Waals surface area contributed by atoms with E-state index in [0.29, 0.717) is 68.2 Å². The lowest BCUT2D eigenvalue weighted by atomic mass is 9.96. The number of anilines is 1. The number of aromatic nitrogens is 3. The number of nitrogens with two attached hydrogens (primary N) is 1. The second-order valence-electron chi connectivity index (χ2n) is 15.2. The molecule has 54 heavy (non-hydrogen) atoms. The molecular weight excluding hydrogens is 769 g/mol. The van der Waals surface area contributed by atoms with Crippen molar-refractivity contribution >= 4 is 55.6 Å². The molecule has 4 aliphatic rings. The van der Waals surface area contributed by atoms with Crippen LogP contribution in [0, 0.1) is 0 Å². The summed E-state index contributed by atoms with van der Waals surface area (Å²) >= 11 is 3.15. The van der Waals surface area contributed by atoms with Gasteiger partial charge in [0, 0.05) is 79.7 Å². The normalized spacial score (nSPS) is 23.7. The van der Waals surface area contributed by atoms with Gasteiger partial charge in [0.2, 0.25) is 0 Å². The predicted octanol–water partition coefficient (Wildman–Crippen LogP) is 5.40. The van der Waals surface area contributed by atoms with Crippen LogP contribution in [0.1, 0.15) is 55.7 Å². The number of piperidine rings is 2. The third kappa shape index (κ3) is 6.96. The highest BCUT2D eigenvalue weighted by atomic mass is 79.9. The van der Waals surface area contributed by atoms with E-state index in [-0.39, 0.29) is 41.3 Å². The number of nitrogens with one attached hydrogen (secondary N) is 1. The highest BCUT2D eigenvalue weighted by Crippen LogP contribution is 2.39. The van der Waals surface area contributed by atoms with Gasteiger partial charge in [-0.3, -0.25) is 19.2 Å². The summed E-state index contributed by atoms with van der Waals surface area (Å²) in [5.74, 6) is -0.437. The van der Waals surface area contributed by atoms with Crippen molar-refractivity contribution < 1.29 is 27.5 Å². The molecule has 2 bridgehead atoms. The lowest BCUT2D eigenvalue weighted by Gasteiger charge is -2.45. The summed E-state index contributed by atoms with van der Waals surface area (Å²) in [6.45, 7) is 2.74. The first-order valence-corrected chi connectivity index (χ1v) is 19.5. The molecule has 6 heterocycles. The van der Waals surface area contributed by atoms with Gasteiger partial charge < -0.3 is 30.2 Å². The number of fused-ring (bicyclic) bond motifs is 5. The number of piperazine rings is 1. The average molecular weight is 814 g/mol. The highest BCUT2D eigenvalue weighted by molar-refractivity contribution is 9.10. The van der Waals surface area contributed by atoms with Crippen LogP contribution in [-0.2, 0) is 22.1 Å². The van der Waals surface area contributed by atoms with Gasteiger partial charge >= 0.3 is 18.0 Å². The third-order valence-corrected chi connectivity index (χ3v) is 12.9. The zero-order valence-electron chi connectivity index (χ0n) is 30.0. The molecule has 3 unspecified atom stereocenters. The second-order valence-corrected chi connectivity index (χ2v) is 16.1. The smallest absolute Gasteiger partial charge is 0.418 e. The maximum absolute atomic E-state index is 14.2. The molecule has 3 atom stereocenters. The number of benzene rings is 2. The zero-order valence-corrected chi connectivity index (χ0v) is 31.6. The number of halogens is 4. The summed E-state index contributed by atoms with van der Waals surface area (Å²) in [7, 11) is 2.21.